The average Bonchev–Trinajstić information content (AvgIpc) is 3.17. The number of nitrogens with one attached hydrogen (secondary N) is 2. The molecule has 1 fully saturated rings. The normalized spacial score (nSPS) is 15.3. The molecular weight excluding hydrogens is 412 g/mol. The lowest BCUT2D eigenvalue weighted by Gasteiger charge is -2.21. The lowest BCUT2D eigenvalue weighted by atomic mass is 9.90. The van der Waals surface area contributed by atoms with Gasteiger partial charge in [-0.1, -0.05) is 49.6 Å². The first kappa shape index (κ1) is 21.6. The Bertz CT molecular complexity index is 1180. The van der Waals surface area contributed by atoms with Gasteiger partial charge in [0.1, 0.15) is 0 Å². The van der Waals surface area contributed by atoms with E-state index in [0.717, 1.165) is 40.6 Å². The molecule has 0 aliphatic heterocycles. The molecule has 1 saturated carbocycles. The summed E-state index contributed by atoms with van der Waals surface area (Å²) >= 11 is 0. The second-order valence-electron chi connectivity index (χ2n) is 8.16. The van der Waals surface area contributed by atoms with Gasteiger partial charge in [-0.3, -0.25) is 4.79 Å². The standard InChI is InChI=1S/C24H28N2O4S/c1-30-23(27)15-21-20-12-5-6-13-22(20)26-24(21)18-10-7-11-19(14-18)31(28,29)25-16-17-8-3-2-4-9-17/h5-7,10-14,17,25-26H,2-4,8-9,15-16H2,1H3. The van der Waals surface area contributed by atoms with Crippen LogP contribution >= 0.6 is 0 Å². The smallest absolute Gasteiger partial charge is 0.310 e. The summed E-state index contributed by atoms with van der Waals surface area (Å²) in [5.41, 5.74) is 3.14. The zero-order valence-electron chi connectivity index (χ0n) is 17.7. The maximum absolute atomic E-state index is 12.9. The molecule has 31 heavy (non-hydrogen) atoms. The van der Waals surface area contributed by atoms with Gasteiger partial charge >= 0.3 is 5.97 Å². The summed E-state index contributed by atoms with van der Waals surface area (Å²) < 4.78 is 33.6. The van der Waals surface area contributed by atoms with Crippen molar-refractivity contribution in [2.75, 3.05) is 13.7 Å². The fraction of sp³-hybridized carbons (Fsp3) is 0.375. The number of esters is 1. The van der Waals surface area contributed by atoms with Crippen LogP contribution in [0.5, 0.6) is 0 Å². The number of hydrogen-bond acceptors (Lipinski definition) is 4. The van der Waals surface area contributed by atoms with Crippen LogP contribution in [0.4, 0.5) is 0 Å². The number of fused-ring (bicyclic) bond motifs is 1. The number of benzene rings is 2. The molecule has 6 nitrogen and oxygen atoms in total. The summed E-state index contributed by atoms with van der Waals surface area (Å²) in [4.78, 5) is 15.6. The van der Waals surface area contributed by atoms with Crippen molar-refractivity contribution < 1.29 is 17.9 Å². The fourth-order valence-corrected chi connectivity index (χ4v) is 5.53. The molecule has 0 radical (unpaired) electrons. The highest BCUT2D eigenvalue weighted by Crippen LogP contribution is 2.32. The second kappa shape index (κ2) is 9.24. The van der Waals surface area contributed by atoms with E-state index in [2.05, 4.69) is 9.71 Å². The quantitative estimate of drug-likeness (QED) is 0.533. The van der Waals surface area contributed by atoms with Crippen molar-refractivity contribution in [1.29, 1.82) is 0 Å². The number of H-pyrrole nitrogens is 1. The molecule has 0 saturated heterocycles. The van der Waals surface area contributed by atoms with E-state index in [0.29, 0.717) is 12.5 Å². The van der Waals surface area contributed by atoms with E-state index >= 15 is 0 Å². The van der Waals surface area contributed by atoms with E-state index in [1.54, 1.807) is 18.2 Å². The van der Waals surface area contributed by atoms with Crippen LogP contribution in [0.25, 0.3) is 22.2 Å². The minimum atomic E-state index is -3.62. The molecule has 3 aromatic rings. The molecule has 7 heteroatoms. The number of carbonyl (C=O) groups is 1. The van der Waals surface area contributed by atoms with Crippen LogP contribution in [0.15, 0.2) is 53.4 Å². The van der Waals surface area contributed by atoms with E-state index in [-0.39, 0.29) is 17.3 Å². The Labute approximate surface area is 183 Å². The number of ether oxygens (including phenoxy) is 1. The minimum Gasteiger partial charge on any atom is -0.469 e. The molecule has 0 bridgehead atoms. The first-order valence-electron chi connectivity index (χ1n) is 10.7. The number of methoxy groups -OCH3 is 1. The summed E-state index contributed by atoms with van der Waals surface area (Å²) in [6, 6.07) is 14.6. The zero-order valence-corrected chi connectivity index (χ0v) is 18.5. The number of carbonyl (C=O) groups excluding carboxylic acids is 1. The Morgan fingerprint density at radius 2 is 1.87 bits per heavy atom. The summed E-state index contributed by atoms with van der Waals surface area (Å²) in [6.45, 7) is 0.479. The third-order valence-electron chi connectivity index (χ3n) is 6.08. The summed E-state index contributed by atoms with van der Waals surface area (Å²) in [7, 11) is -2.25. The highest BCUT2D eigenvalue weighted by Gasteiger charge is 2.21. The Morgan fingerprint density at radius 1 is 1.10 bits per heavy atom. The van der Waals surface area contributed by atoms with Crippen molar-refractivity contribution in [1.82, 2.24) is 9.71 Å². The first-order chi connectivity index (χ1) is 15.0. The largest absolute Gasteiger partial charge is 0.469 e. The van der Waals surface area contributed by atoms with Crippen molar-refractivity contribution >= 4 is 26.9 Å². The van der Waals surface area contributed by atoms with Crippen molar-refractivity contribution in [3.8, 4) is 11.3 Å². The summed E-state index contributed by atoms with van der Waals surface area (Å²) in [6.07, 6.45) is 5.84. The van der Waals surface area contributed by atoms with Crippen molar-refractivity contribution in [2.45, 2.75) is 43.4 Å². The lowest BCUT2D eigenvalue weighted by molar-refractivity contribution is -0.139. The molecule has 2 aromatic carbocycles. The van der Waals surface area contributed by atoms with Crippen LogP contribution in [0.2, 0.25) is 0 Å². The van der Waals surface area contributed by atoms with Crippen molar-refractivity contribution in [3.63, 3.8) is 0 Å². The Balaban J connectivity index is 1.65. The molecule has 4 rings (SSSR count). The molecule has 1 aliphatic rings. The molecule has 0 amide bonds. The monoisotopic (exact) mass is 440 g/mol. The highest BCUT2D eigenvalue weighted by atomic mass is 32.2. The van der Waals surface area contributed by atoms with Gasteiger partial charge in [0.2, 0.25) is 10.0 Å². The summed E-state index contributed by atoms with van der Waals surface area (Å²) in [5, 5.41) is 0.923. The van der Waals surface area contributed by atoms with Crippen molar-refractivity contribution in [2.24, 2.45) is 5.92 Å². The zero-order chi connectivity index (χ0) is 21.8. The van der Waals surface area contributed by atoms with E-state index < -0.39 is 10.0 Å². The minimum absolute atomic E-state index is 0.104. The van der Waals surface area contributed by atoms with E-state index in [4.69, 9.17) is 4.74 Å². The molecule has 0 spiro atoms. The van der Waals surface area contributed by atoms with Gasteiger partial charge in [-0.15, -0.1) is 0 Å². The lowest BCUT2D eigenvalue weighted by Crippen LogP contribution is -2.30. The van der Waals surface area contributed by atoms with Crippen LogP contribution in [0.3, 0.4) is 0 Å². The van der Waals surface area contributed by atoms with Crippen LogP contribution in [-0.2, 0) is 26.0 Å². The molecule has 0 unspecified atom stereocenters. The number of para-hydroxylation sites is 1. The molecule has 1 aromatic heterocycles. The average molecular weight is 441 g/mol. The van der Waals surface area contributed by atoms with Gasteiger partial charge in [0, 0.05) is 17.4 Å². The van der Waals surface area contributed by atoms with E-state index in [1.807, 2.05) is 30.3 Å². The topological polar surface area (TPSA) is 88.3 Å². The SMILES string of the molecule is COC(=O)Cc1c(-c2cccc(S(=O)(=O)NCC3CCCCC3)c2)[nH]c2ccccc12. The van der Waals surface area contributed by atoms with Crippen LogP contribution in [0, 0.1) is 5.92 Å². The maximum atomic E-state index is 12.9. The molecule has 0 atom stereocenters. The summed E-state index contributed by atoms with van der Waals surface area (Å²) in [5.74, 6) is 0.0657. The predicted molar refractivity (Wildman–Crippen MR) is 121 cm³/mol. The Morgan fingerprint density at radius 3 is 2.65 bits per heavy atom. The predicted octanol–water partition coefficient (Wildman–Crippen LogP) is 4.41. The Kier molecular flexibility index (Phi) is 6.43. The van der Waals surface area contributed by atoms with Gasteiger partial charge in [-0.25, -0.2) is 13.1 Å². The molecule has 1 aliphatic carbocycles. The van der Waals surface area contributed by atoms with Crippen LogP contribution < -0.4 is 4.72 Å². The van der Waals surface area contributed by atoms with Crippen molar-refractivity contribution in [3.05, 3.63) is 54.1 Å². The van der Waals surface area contributed by atoms with Gasteiger partial charge in [-0.05, 0) is 48.1 Å². The van der Waals surface area contributed by atoms with Gasteiger partial charge in [-0.2, -0.15) is 0 Å². The first-order valence-corrected chi connectivity index (χ1v) is 12.2. The number of rotatable bonds is 7. The van der Waals surface area contributed by atoms with E-state index in [9.17, 15) is 13.2 Å². The molecule has 1 heterocycles. The molecule has 164 valence electrons. The number of hydrogen-bond donors (Lipinski definition) is 2. The fourth-order valence-electron chi connectivity index (χ4n) is 4.37. The van der Waals surface area contributed by atoms with Gasteiger partial charge < -0.3 is 9.72 Å². The third-order valence-corrected chi connectivity index (χ3v) is 7.50. The number of aromatic nitrogens is 1. The number of sulfonamides is 1. The van der Waals surface area contributed by atoms with Crippen LogP contribution in [-0.4, -0.2) is 33.0 Å². The highest BCUT2D eigenvalue weighted by molar-refractivity contribution is 7.89. The van der Waals surface area contributed by atoms with Gasteiger partial charge in [0.05, 0.1) is 24.1 Å². The molecular formula is C24H28N2O4S. The maximum Gasteiger partial charge on any atom is 0.310 e. The second-order valence-corrected chi connectivity index (χ2v) is 9.93. The number of aromatic amines is 1. The Hall–Kier alpha value is -2.64. The van der Waals surface area contributed by atoms with Gasteiger partial charge in [0.25, 0.3) is 0 Å². The van der Waals surface area contributed by atoms with Gasteiger partial charge in [0.15, 0.2) is 0 Å². The van der Waals surface area contributed by atoms with E-state index in [1.165, 1.54) is 26.4 Å². The molecule has 2 N–H and O–H groups in total. The van der Waals surface area contributed by atoms with Crippen LogP contribution in [0.1, 0.15) is 37.7 Å². The third kappa shape index (κ3) is 4.83.